The van der Waals surface area contributed by atoms with E-state index in [4.69, 9.17) is 9.84 Å². The summed E-state index contributed by atoms with van der Waals surface area (Å²) in [5.41, 5.74) is 0. The number of carbonyl (C=O) groups is 2. The van der Waals surface area contributed by atoms with Gasteiger partial charge in [-0.05, 0) is 31.6 Å². The van der Waals surface area contributed by atoms with Crippen LogP contribution in [0.15, 0.2) is 0 Å². The number of likely N-dealkylation sites (tertiary alicyclic amines) is 1. The molecule has 0 spiro atoms. The summed E-state index contributed by atoms with van der Waals surface area (Å²) < 4.78 is 5.27. The van der Waals surface area contributed by atoms with E-state index in [0.29, 0.717) is 18.9 Å². The second-order valence-electron chi connectivity index (χ2n) is 5.48. The maximum absolute atomic E-state index is 11.9. The van der Waals surface area contributed by atoms with E-state index in [1.807, 2.05) is 11.8 Å². The van der Waals surface area contributed by atoms with Gasteiger partial charge < -0.3 is 20.1 Å². The first kappa shape index (κ1) is 16.8. The van der Waals surface area contributed by atoms with Gasteiger partial charge in [-0.1, -0.05) is 6.92 Å². The van der Waals surface area contributed by atoms with Crippen LogP contribution in [-0.4, -0.2) is 54.9 Å². The van der Waals surface area contributed by atoms with Gasteiger partial charge >= 0.3 is 12.0 Å². The number of carbonyl (C=O) groups excluding carboxylic acids is 1. The minimum absolute atomic E-state index is 0.0232. The van der Waals surface area contributed by atoms with Gasteiger partial charge in [0.1, 0.15) is 0 Å². The SMILES string of the molecule is COC1CCN(C(=O)NCCC(C)CCC(=O)O)CC1. The molecule has 20 heavy (non-hydrogen) atoms. The van der Waals surface area contributed by atoms with Crippen LogP contribution >= 0.6 is 0 Å². The molecule has 0 saturated carbocycles. The summed E-state index contributed by atoms with van der Waals surface area (Å²) in [4.78, 5) is 24.2. The number of amides is 2. The molecule has 1 atom stereocenters. The standard InChI is InChI=1S/C14H26N2O4/c1-11(3-4-13(17)18)5-8-15-14(19)16-9-6-12(20-2)7-10-16/h11-12H,3-10H2,1-2H3,(H,15,19)(H,17,18). The molecule has 2 amide bonds. The Morgan fingerprint density at radius 3 is 2.55 bits per heavy atom. The molecule has 1 aliphatic heterocycles. The molecule has 0 aromatic carbocycles. The molecule has 0 radical (unpaired) electrons. The van der Waals surface area contributed by atoms with Crippen LogP contribution in [0.3, 0.4) is 0 Å². The molecule has 0 aliphatic carbocycles. The third kappa shape index (κ3) is 6.23. The molecular formula is C14H26N2O4. The summed E-state index contributed by atoms with van der Waals surface area (Å²) >= 11 is 0. The Morgan fingerprint density at radius 1 is 1.35 bits per heavy atom. The lowest BCUT2D eigenvalue weighted by molar-refractivity contribution is -0.137. The van der Waals surface area contributed by atoms with Crippen LogP contribution < -0.4 is 5.32 Å². The number of aliphatic carboxylic acids is 1. The first-order valence-corrected chi connectivity index (χ1v) is 7.30. The Kier molecular flexibility index (Phi) is 7.36. The van der Waals surface area contributed by atoms with Crippen molar-refractivity contribution in [1.82, 2.24) is 10.2 Å². The number of rotatable bonds is 7. The predicted octanol–water partition coefficient (Wildman–Crippen LogP) is 1.70. The van der Waals surface area contributed by atoms with Gasteiger partial charge in [-0.2, -0.15) is 0 Å². The molecule has 6 heteroatoms. The Bertz CT molecular complexity index is 314. The fourth-order valence-electron chi connectivity index (χ4n) is 2.35. The topological polar surface area (TPSA) is 78.9 Å². The van der Waals surface area contributed by atoms with Crippen LogP contribution in [0.2, 0.25) is 0 Å². The van der Waals surface area contributed by atoms with Gasteiger partial charge in [-0.25, -0.2) is 4.79 Å². The predicted molar refractivity (Wildman–Crippen MR) is 75.7 cm³/mol. The molecule has 0 aromatic heterocycles. The minimum atomic E-state index is -0.762. The number of hydrogen-bond acceptors (Lipinski definition) is 3. The van der Waals surface area contributed by atoms with E-state index in [1.165, 1.54) is 0 Å². The average molecular weight is 286 g/mol. The molecule has 0 bridgehead atoms. The average Bonchev–Trinajstić information content (AvgIpc) is 2.45. The summed E-state index contributed by atoms with van der Waals surface area (Å²) in [6.45, 7) is 4.08. The second kappa shape index (κ2) is 8.79. The van der Waals surface area contributed by atoms with Crippen molar-refractivity contribution in [2.75, 3.05) is 26.7 Å². The minimum Gasteiger partial charge on any atom is -0.481 e. The van der Waals surface area contributed by atoms with Crippen molar-refractivity contribution >= 4 is 12.0 Å². The Labute approximate surface area is 120 Å². The number of hydrogen-bond donors (Lipinski definition) is 2. The Morgan fingerprint density at radius 2 is 2.00 bits per heavy atom. The summed E-state index contributed by atoms with van der Waals surface area (Å²) in [6.07, 6.45) is 3.71. The lowest BCUT2D eigenvalue weighted by atomic mass is 10.0. The zero-order chi connectivity index (χ0) is 15.0. The number of ether oxygens (including phenoxy) is 1. The number of carboxylic acids is 1. The van der Waals surface area contributed by atoms with E-state index in [0.717, 1.165) is 32.4 Å². The molecule has 2 N–H and O–H groups in total. The fraction of sp³-hybridized carbons (Fsp3) is 0.857. The number of methoxy groups -OCH3 is 1. The van der Waals surface area contributed by atoms with Crippen molar-refractivity contribution in [2.45, 2.75) is 45.1 Å². The van der Waals surface area contributed by atoms with Crippen LogP contribution in [0.25, 0.3) is 0 Å². The number of urea groups is 1. The molecule has 6 nitrogen and oxygen atoms in total. The van der Waals surface area contributed by atoms with E-state index in [9.17, 15) is 9.59 Å². The summed E-state index contributed by atoms with van der Waals surface area (Å²) in [5, 5.41) is 11.5. The highest BCUT2D eigenvalue weighted by molar-refractivity contribution is 5.74. The third-order valence-corrected chi connectivity index (χ3v) is 3.83. The molecule has 1 unspecified atom stereocenters. The van der Waals surface area contributed by atoms with Crippen LogP contribution in [0, 0.1) is 5.92 Å². The van der Waals surface area contributed by atoms with Crippen LogP contribution in [0.1, 0.15) is 39.0 Å². The van der Waals surface area contributed by atoms with Gasteiger partial charge in [0, 0.05) is 33.2 Å². The Hall–Kier alpha value is -1.30. The van der Waals surface area contributed by atoms with E-state index in [1.54, 1.807) is 7.11 Å². The molecule has 1 saturated heterocycles. The van der Waals surface area contributed by atoms with Gasteiger partial charge in [-0.15, -0.1) is 0 Å². The zero-order valence-corrected chi connectivity index (χ0v) is 12.4. The van der Waals surface area contributed by atoms with Crippen molar-refractivity contribution in [2.24, 2.45) is 5.92 Å². The first-order chi connectivity index (χ1) is 9.52. The molecule has 1 fully saturated rings. The van der Waals surface area contributed by atoms with Gasteiger partial charge in [0.25, 0.3) is 0 Å². The van der Waals surface area contributed by atoms with E-state index in [-0.39, 0.29) is 18.6 Å². The highest BCUT2D eigenvalue weighted by Gasteiger charge is 2.22. The molecular weight excluding hydrogens is 260 g/mol. The third-order valence-electron chi connectivity index (χ3n) is 3.83. The quantitative estimate of drug-likeness (QED) is 0.746. The first-order valence-electron chi connectivity index (χ1n) is 7.30. The molecule has 1 aliphatic rings. The van der Waals surface area contributed by atoms with Gasteiger partial charge in [0.2, 0.25) is 0 Å². The van der Waals surface area contributed by atoms with Crippen molar-refractivity contribution in [3.8, 4) is 0 Å². The van der Waals surface area contributed by atoms with Crippen LogP contribution in [0.5, 0.6) is 0 Å². The fourth-order valence-corrected chi connectivity index (χ4v) is 2.35. The van der Waals surface area contributed by atoms with E-state index in [2.05, 4.69) is 5.32 Å². The number of nitrogens with one attached hydrogen (secondary N) is 1. The monoisotopic (exact) mass is 286 g/mol. The lowest BCUT2D eigenvalue weighted by Crippen LogP contribution is -2.46. The normalized spacial score (nSPS) is 17.8. The Balaban J connectivity index is 2.12. The maximum atomic E-state index is 11.9. The summed E-state index contributed by atoms with van der Waals surface area (Å²) in [7, 11) is 1.71. The van der Waals surface area contributed by atoms with Gasteiger partial charge in [0.15, 0.2) is 0 Å². The number of piperidine rings is 1. The molecule has 1 heterocycles. The number of carboxylic acid groups (broad SMARTS) is 1. The van der Waals surface area contributed by atoms with Gasteiger partial charge in [0.05, 0.1) is 6.10 Å². The highest BCUT2D eigenvalue weighted by atomic mass is 16.5. The molecule has 1 rings (SSSR count). The van der Waals surface area contributed by atoms with Crippen LogP contribution in [0.4, 0.5) is 4.79 Å². The maximum Gasteiger partial charge on any atom is 0.317 e. The number of nitrogens with zero attached hydrogens (tertiary/aromatic N) is 1. The van der Waals surface area contributed by atoms with Crippen molar-refractivity contribution < 1.29 is 19.4 Å². The summed E-state index contributed by atoms with van der Waals surface area (Å²) in [5.74, 6) is -0.451. The van der Waals surface area contributed by atoms with E-state index >= 15 is 0 Å². The van der Waals surface area contributed by atoms with E-state index < -0.39 is 5.97 Å². The van der Waals surface area contributed by atoms with Crippen LogP contribution in [-0.2, 0) is 9.53 Å². The lowest BCUT2D eigenvalue weighted by Gasteiger charge is -2.31. The smallest absolute Gasteiger partial charge is 0.317 e. The van der Waals surface area contributed by atoms with Crippen molar-refractivity contribution in [3.63, 3.8) is 0 Å². The van der Waals surface area contributed by atoms with Gasteiger partial charge in [-0.3, -0.25) is 4.79 Å². The molecule has 0 aromatic rings. The largest absolute Gasteiger partial charge is 0.481 e. The van der Waals surface area contributed by atoms with Crippen molar-refractivity contribution in [1.29, 1.82) is 0 Å². The molecule has 116 valence electrons. The zero-order valence-electron chi connectivity index (χ0n) is 12.4. The second-order valence-corrected chi connectivity index (χ2v) is 5.48. The van der Waals surface area contributed by atoms with Crippen molar-refractivity contribution in [3.05, 3.63) is 0 Å². The highest BCUT2D eigenvalue weighted by Crippen LogP contribution is 2.13. The summed E-state index contributed by atoms with van der Waals surface area (Å²) in [6, 6.07) is -0.0232.